The van der Waals surface area contributed by atoms with Crippen molar-refractivity contribution in [3.63, 3.8) is 0 Å². The lowest BCUT2D eigenvalue weighted by Gasteiger charge is -2.31. The van der Waals surface area contributed by atoms with E-state index in [0.29, 0.717) is 5.92 Å². The van der Waals surface area contributed by atoms with Gasteiger partial charge >= 0.3 is 0 Å². The maximum Gasteiger partial charge on any atom is 0.0625 e. The summed E-state index contributed by atoms with van der Waals surface area (Å²) in [5.74, 6) is 0.538. The van der Waals surface area contributed by atoms with E-state index in [1.54, 1.807) is 0 Å². The van der Waals surface area contributed by atoms with Gasteiger partial charge in [0.1, 0.15) is 0 Å². The van der Waals surface area contributed by atoms with E-state index in [9.17, 15) is 5.11 Å². The van der Waals surface area contributed by atoms with Crippen LogP contribution in [0.2, 0.25) is 0 Å². The average Bonchev–Trinajstić information content (AvgIpc) is 2.25. The lowest BCUT2D eigenvalue weighted by atomic mass is 9.79. The Morgan fingerprint density at radius 2 is 1.88 bits per heavy atom. The highest BCUT2D eigenvalue weighted by Gasteiger charge is 2.27. The molecule has 1 aromatic carbocycles. The van der Waals surface area contributed by atoms with Gasteiger partial charge in [0.25, 0.3) is 0 Å². The summed E-state index contributed by atoms with van der Waals surface area (Å²) >= 11 is 0. The molecule has 1 fully saturated rings. The SMILES string of the molecule is C[C@@]1(O)CCCCC[C@@H](c2ccccc2)C1. The van der Waals surface area contributed by atoms with Crippen LogP contribution in [0.1, 0.15) is 56.9 Å². The summed E-state index contributed by atoms with van der Waals surface area (Å²) in [6, 6.07) is 10.7. The van der Waals surface area contributed by atoms with Crippen LogP contribution in [0, 0.1) is 0 Å². The Morgan fingerprint density at radius 3 is 2.62 bits per heavy atom. The summed E-state index contributed by atoms with van der Waals surface area (Å²) in [6.07, 6.45) is 6.83. The van der Waals surface area contributed by atoms with Crippen LogP contribution in [0.5, 0.6) is 0 Å². The van der Waals surface area contributed by atoms with Gasteiger partial charge in [-0.3, -0.25) is 0 Å². The third kappa shape index (κ3) is 3.08. The zero-order chi connectivity index (χ0) is 11.4. The van der Waals surface area contributed by atoms with Gasteiger partial charge in [-0.2, -0.15) is 0 Å². The van der Waals surface area contributed by atoms with Crippen molar-refractivity contribution in [2.24, 2.45) is 0 Å². The fourth-order valence-electron chi connectivity index (χ4n) is 2.82. The fourth-order valence-corrected chi connectivity index (χ4v) is 2.82. The summed E-state index contributed by atoms with van der Waals surface area (Å²) in [7, 11) is 0. The maximum absolute atomic E-state index is 10.3. The number of benzene rings is 1. The molecule has 0 unspecified atom stereocenters. The van der Waals surface area contributed by atoms with E-state index in [-0.39, 0.29) is 0 Å². The summed E-state index contributed by atoms with van der Waals surface area (Å²) in [6.45, 7) is 1.99. The molecule has 88 valence electrons. The molecule has 1 heteroatoms. The predicted octanol–water partition coefficient (Wildman–Crippen LogP) is 3.88. The first-order valence-corrected chi connectivity index (χ1v) is 6.45. The van der Waals surface area contributed by atoms with E-state index in [4.69, 9.17) is 0 Å². The fraction of sp³-hybridized carbons (Fsp3) is 0.600. The highest BCUT2D eigenvalue weighted by Crippen LogP contribution is 2.35. The monoisotopic (exact) mass is 218 g/mol. The molecule has 0 heterocycles. The van der Waals surface area contributed by atoms with Crippen LogP contribution in [-0.2, 0) is 0 Å². The number of hydrogen-bond donors (Lipinski definition) is 1. The van der Waals surface area contributed by atoms with Crippen molar-refractivity contribution in [1.29, 1.82) is 0 Å². The van der Waals surface area contributed by atoms with Gasteiger partial charge in [0.15, 0.2) is 0 Å². The molecule has 0 bridgehead atoms. The van der Waals surface area contributed by atoms with Crippen LogP contribution < -0.4 is 0 Å². The van der Waals surface area contributed by atoms with Gasteiger partial charge in [-0.15, -0.1) is 0 Å². The van der Waals surface area contributed by atoms with Gasteiger partial charge in [0, 0.05) is 0 Å². The number of aliphatic hydroxyl groups is 1. The molecular formula is C15H22O. The molecule has 2 atom stereocenters. The van der Waals surface area contributed by atoms with Crippen LogP contribution in [0.4, 0.5) is 0 Å². The molecule has 0 aromatic heterocycles. The molecule has 1 N–H and O–H groups in total. The van der Waals surface area contributed by atoms with Crippen molar-refractivity contribution in [3.05, 3.63) is 35.9 Å². The molecule has 0 saturated heterocycles. The molecular weight excluding hydrogens is 196 g/mol. The quantitative estimate of drug-likeness (QED) is 0.758. The van der Waals surface area contributed by atoms with Crippen LogP contribution in [-0.4, -0.2) is 10.7 Å². The zero-order valence-corrected chi connectivity index (χ0v) is 10.2. The van der Waals surface area contributed by atoms with Gasteiger partial charge in [-0.25, -0.2) is 0 Å². The molecule has 0 spiro atoms. The normalized spacial score (nSPS) is 31.8. The van der Waals surface area contributed by atoms with Crippen molar-refractivity contribution < 1.29 is 5.11 Å². The zero-order valence-electron chi connectivity index (χ0n) is 10.2. The largest absolute Gasteiger partial charge is 0.390 e. The van der Waals surface area contributed by atoms with Crippen LogP contribution in [0.15, 0.2) is 30.3 Å². The van der Waals surface area contributed by atoms with Gasteiger partial charge in [-0.1, -0.05) is 49.6 Å². The minimum atomic E-state index is -0.471. The first kappa shape index (κ1) is 11.7. The Balaban J connectivity index is 2.12. The van der Waals surface area contributed by atoms with Gasteiger partial charge < -0.3 is 5.11 Å². The van der Waals surface area contributed by atoms with Gasteiger partial charge in [-0.05, 0) is 37.7 Å². The van der Waals surface area contributed by atoms with Crippen molar-refractivity contribution in [3.8, 4) is 0 Å². The molecule has 2 rings (SSSR count). The van der Waals surface area contributed by atoms with E-state index < -0.39 is 5.60 Å². The summed E-state index contributed by atoms with van der Waals surface area (Å²) in [4.78, 5) is 0. The van der Waals surface area contributed by atoms with E-state index in [1.165, 1.54) is 31.2 Å². The highest BCUT2D eigenvalue weighted by atomic mass is 16.3. The van der Waals surface area contributed by atoms with Gasteiger partial charge in [0.2, 0.25) is 0 Å². The van der Waals surface area contributed by atoms with Crippen LogP contribution in [0.3, 0.4) is 0 Å². The Labute approximate surface area is 98.5 Å². The first-order valence-electron chi connectivity index (χ1n) is 6.45. The standard InChI is InChI=1S/C15H22O/c1-15(16)11-7-3-6-10-14(12-15)13-8-4-2-5-9-13/h2,4-5,8-9,14,16H,3,6-7,10-12H2,1H3/t14-,15-/m1/s1. The topological polar surface area (TPSA) is 20.2 Å². The molecule has 16 heavy (non-hydrogen) atoms. The summed E-state index contributed by atoms with van der Waals surface area (Å²) < 4.78 is 0. The van der Waals surface area contributed by atoms with Crippen molar-refractivity contribution >= 4 is 0 Å². The van der Waals surface area contributed by atoms with Crippen molar-refractivity contribution in [2.45, 2.75) is 57.0 Å². The van der Waals surface area contributed by atoms with Crippen molar-refractivity contribution in [1.82, 2.24) is 0 Å². The second kappa shape index (κ2) is 5.01. The molecule has 1 saturated carbocycles. The molecule has 0 radical (unpaired) electrons. The van der Waals surface area contributed by atoms with Gasteiger partial charge in [0.05, 0.1) is 5.60 Å². The molecule has 0 aliphatic heterocycles. The Hall–Kier alpha value is -0.820. The van der Waals surface area contributed by atoms with Crippen LogP contribution in [0.25, 0.3) is 0 Å². The average molecular weight is 218 g/mol. The highest BCUT2D eigenvalue weighted by molar-refractivity contribution is 5.20. The Morgan fingerprint density at radius 1 is 1.12 bits per heavy atom. The lowest BCUT2D eigenvalue weighted by molar-refractivity contribution is 0.0265. The van der Waals surface area contributed by atoms with E-state index in [0.717, 1.165) is 12.8 Å². The number of rotatable bonds is 1. The van der Waals surface area contributed by atoms with Crippen LogP contribution >= 0.6 is 0 Å². The van der Waals surface area contributed by atoms with E-state index >= 15 is 0 Å². The second-order valence-corrected chi connectivity index (χ2v) is 5.41. The minimum Gasteiger partial charge on any atom is -0.390 e. The molecule has 1 aliphatic rings. The molecule has 1 nitrogen and oxygen atoms in total. The molecule has 1 aliphatic carbocycles. The third-order valence-corrected chi connectivity index (χ3v) is 3.73. The third-order valence-electron chi connectivity index (χ3n) is 3.73. The predicted molar refractivity (Wildman–Crippen MR) is 67.5 cm³/mol. The smallest absolute Gasteiger partial charge is 0.0625 e. The maximum atomic E-state index is 10.3. The van der Waals surface area contributed by atoms with Crippen molar-refractivity contribution in [2.75, 3.05) is 0 Å². The first-order chi connectivity index (χ1) is 7.67. The Bertz CT molecular complexity index is 315. The lowest BCUT2D eigenvalue weighted by Crippen LogP contribution is -2.28. The molecule has 1 aromatic rings. The van der Waals surface area contributed by atoms with E-state index in [1.807, 2.05) is 6.92 Å². The minimum absolute atomic E-state index is 0.471. The Kier molecular flexibility index (Phi) is 3.65. The van der Waals surface area contributed by atoms with E-state index in [2.05, 4.69) is 30.3 Å². The molecule has 0 amide bonds. The summed E-state index contributed by atoms with van der Waals surface area (Å²) in [5.41, 5.74) is 0.922. The summed E-state index contributed by atoms with van der Waals surface area (Å²) in [5, 5.41) is 10.3. The second-order valence-electron chi connectivity index (χ2n) is 5.41. The number of hydrogen-bond acceptors (Lipinski definition) is 1.